The molecule has 0 atom stereocenters. The molecule has 0 rings (SSSR count). The average Bonchev–Trinajstić information content (AvgIpc) is 1.85. The molecule has 0 saturated carbocycles. The second kappa shape index (κ2) is 5.09. The summed E-state index contributed by atoms with van der Waals surface area (Å²) in [5, 5.41) is 2.50. The first kappa shape index (κ1) is 7.95. The molecule has 0 aliphatic heterocycles. The van der Waals surface area contributed by atoms with Crippen molar-refractivity contribution in [1.29, 1.82) is 0 Å². The molecular formula is C7H11NO. The minimum atomic E-state index is 0.536. The summed E-state index contributed by atoms with van der Waals surface area (Å²) in [7, 11) is 0. The van der Waals surface area contributed by atoms with E-state index >= 15 is 0 Å². The van der Waals surface area contributed by atoms with E-state index in [2.05, 4.69) is 11.9 Å². The second-order valence-corrected chi connectivity index (χ2v) is 1.66. The molecule has 2 heteroatoms. The molecule has 0 bridgehead atoms. The lowest BCUT2D eigenvalue weighted by Crippen LogP contribution is -2.12. The van der Waals surface area contributed by atoms with E-state index in [1.807, 2.05) is 19.1 Å². The summed E-state index contributed by atoms with van der Waals surface area (Å²) >= 11 is 0. The Kier molecular flexibility index (Phi) is 4.50. The molecule has 0 saturated heterocycles. The maximum Gasteiger partial charge on any atom is 0.207 e. The van der Waals surface area contributed by atoms with E-state index in [1.54, 1.807) is 0 Å². The van der Waals surface area contributed by atoms with Crippen molar-refractivity contribution in [3.05, 3.63) is 24.3 Å². The van der Waals surface area contributed by atoms with Gasteiger partial charge in [-0.3, -0.25) is 4.79 Å². The highest BCUT2D eigenvalue weighted by Gasteiger charge is 1.82. The van der Waals surface area contributed by atoms with E-state index < -0.39 is 0 Å². The number of allylic oxidation sites excluding steroid dienone is 1. The van der Waals surface area contributed by atoms with Gasteiger partial charge in [-0.15, -0.1) is 0 Å². The van der Waals surface area contributed by atoms with Crippen molar-refractivity contribution < 1.29 is 4.79 Å². The van der Waals surface area contributed by atoms with Crippen molar-refractivity contribution in [2.75, 3.05) is 6.54 Å². The van der Waals surface area contributed by atoms with Crippen LogP contribution in [0.2, 0.25) is 0 Å². The van der Waals surface area contributed by atoms with Crippen LogP contribution >= 0.6 is 0 Å². The monoisotopic (exact) mass is 125 g/mol. The van der Waals surface area contributed by atoms with Gasteiger partial charge in [0.15, 0.2) is 0 Å². The second-order valence-electron chi connectivity index (χ2n) is 1.66. The molecule has 1 N–H and O–H groups in total. The third kappa shape index (κ3) is 4.81. The van der Waals surface area contributed by atoms with Gasteiger partial charge in [-0.05, 0) is 12.5 Å². The largest absolute Gasteiger partial charge is 0.355 e. The molecule has 0 radical (unpaired) electrons. The summed E-state index contributed by atoms with van der Waals surface area (Å²) in [6.07, 6.45) is 4.40. The highest BCUT2D eigenvalue weighted by atomic mass is 16.1. The Hall–Kier alpha value is -1.05. The van der Waals surface area contributed by atoms with Gasteiger partial charge in [-0.25, -0.2) is 0 Å². The fourth-order valence-electron chi connectivity index (χ4n) is 0.467. The fraction of sp³-hybridized carbons (Fsp3) is 0.286. The topological polar surface area (TPSA) is 29.1 Å². The Balaban J connectivity index is 3.38. The zero-order valence-electron chi connectivity index (χ0n) is 5.55. The maximum absolute atomic E-state index is 9.74. The number of nitrogens with one attached hydrogen (secondary N) is 1. The van der Waals surface area contributed by atoms with Gasteiger partial charge in [0.05, 0.1) is 0 Å². The zero-order valence-corrected chi connectivity index (χ0v) is 5.55. The first-order chi connectivity index (χ1) is 4.31. The van der Waals surface area contributed by atoms with Crippen molar-refractivity contribution in [2.45, 2.75) is 6.92 Å². The Morgan fingerprint density at radius 1 is 1.78 bits per heavy atom. The minimum Gasteiger partial charge on any atom is -0.355 e. The van der Waals surface area contributed by atoms with Crippen LogP contribution in [0.4, 0.5) is 0 Å². The summed E-state index contributed by atoms with van der Waals surface area (Å²) in [5.74, 6) is 0. The maximum atomic E-state index is 9.74. The molecule has 1 amide bonds. The van der Waals surface area contributed by atoms with Gasteiger partial charge < -0.3 is 5.32 Å². The van der Waals surface area contributed by atoms with Crippen molar-refractivity contribution in [2.24, 2.45) is 0 Å². The molecule has 0 fully saturated rings. The molecule has 0 spiro atoms. The van der Waals surface area contributed by atoms with Crippen molar-refractivity contribution in [3.8, 4) is 0 Å². The SMILES string of the molecule is C=C(/C=C\C)CNC=O. The van der Waals surface area contributed by atoms with E-state index in [9.17, 15) is 4.79 Å². The highest BCUT2D eigenvalue weighted by Crippen LogP contribution is 1.87. The highest BCUT2D eigenvalue weighted by molar-refractivity contribution is 5.47. The molecule has 9 heavy (non-hydrogen) atoms. The number of rotatable bonds is 4. The normalized spacial score (nSPS) is 9.44. The van der Waals surface area contributed by atoms with Crippen LogP contribution in [0.15, 0.2) is 24.3 Å². The zero-order chi connectivity index (χ0) is 7.11. The summed E-state index contributed by atoms with van der Waals surface area (Å²) in [6, 6.07) is 0. The lowest BCUT2D eigenvalue weighted by atomic mass is 10.3. The number of carbonyl (C=O) groups is 1. The van der Waals surface area contributed by atoms with E-state index in [1.165, 1.54) is 0 Å². The molecule has 0 unspecified atom stereocenters. The van der Waals surface area contributed by atoms with Crippen LogP contribution in [-0.4, -0.2) is 13.0 Å². The Morgan fingerprint density at radius 2 is 2.44 bits per heavy atom. The lowest BCUT2D eigenvalue weighted by molar-refractivity contribution is -0.109. The molecule has 2 nitrogen and oxygen atoms in total. The molecule has 0 aromatic heterocycles. The predicted octanol–water partition coefficient (Wildman–Crippen LogP) is 0.865. The van der Waals surface area contributed by atoms with Crippen LogP contribution < -0.4 is 5.32 Å². The van der Waals surface area contributed by atoms with Crippen molar-refractivity contribution in [3.63, 3.8) is 0 Å². The van der Waals surface area contributed by atoms with Crippen molar-refractivity contribution in [1.82, 2.24) is 5.32 Å². The van der Waals surface area contributed by atoms with Crippen LogP contribution in [0.5, 0.6) is 0 Å². The van der Waals surface area contributed by atoms with Gasteiger partial charge in [0.2, 0.25) is 6.41 Å². The van der Waals surface area contributed by atoms with E-state index in [0.717, 1.165) is 5.57 Å². The minimum absolute atomic E-state index is 0.536. The Bertz CT molecular complexity index is 127. The van der Waals surface area contributed by atoms with Crippen LogP contribution in [-0.2, 0) is 4.79 Å². The number of hydrogen-bond donors (Lipinski definition) is 1. The van der Waals surface area contributed by atoms with Gasteiger partial charge in [-0.2, -0.15) is 0 Å². The predicted molar refractivity (Wildman–Crippen MR) is 38.0 cm³/mol. The summed E-state index contributed by atoms with van der Waals surface area (Å²) in [4.78, 5) is 9.74. The summed E-state index contributed by atoms with van der Waals surface area (Å²) in [5.41, 5.74) is 0.907. The molecule has 0 aromatic carbocycles. The third-order valence-electron chi connectivity index (χ3n) is 0.815. The van der Waals surface area contributed by atoms with Gasteiger partial charge in [0.25, 0.3) is 0 Å². The van der Waals surface area contributed by atoms with E-state index in [-0.39, 0.29) is 0 Å². The van der Waals surface area contributed by atoms with Gasteiger partial charge in [0.1, 0.15) is 0 Å². The van der Waals surface area contributed by atoms with Crippen LogP contribution in [0.1, 0.15) is 6.92 Å². The summed E-state index contributed by atoms with van der Waals surface area (Å²) < 4.78 is 0. The molecular weight excluding hydrogens is 114 g/mol. The Morgan fingerprint density at radius 3 is 2.89 bits per heavy atom. The average molecular weight is 125 g/mol. The van der Waals surface area contributed by atoms with Crippen LogP contribution in [0.25, 0.3) is 0 Å². The number of hydrogen-bond acceptors (Lipinski definition) is 1. The third-order valence-corrected chi connectivity index (χ3v) is 0.815. The first-order valence-electron chi connectivity index (χ1n) is 2.78. The number of amides is 1. The molecule has 0 aromatic rings. The summed E-state index contributed by atoms with van der Waals surface area (Å²) in [6.45, 7) is 6.12. The van der Waals surface area contributed by atoms with E-state index in [4.69, 9.17) is 0 Å². The quantitative estimate of drug-likeness (QED) is 0.438. The fourth-order valence-corrected chi connectivity index (χ4v) is 0.467. The van der Waals surface area contributed by atoms with Crippen LogP contribution in [0.3, 0.4) is 0 Å². The molecule has 0 aliphatic carbocycles. The molecule has 50 valence electrons. The van der Waals surface area contributed by atoms with Gasteiger partial charge in [0, 0.05) is 6.54 Å². The van der Waals surface area contributed by atoms with E-state index in [0.29, 0.717) is 13.0 Å². The van der Waals surface area contributed by atoms with Gasteiger partial charge >= 0.3 is 0 Å². The Labute approximate surface area is 55.3 Å². The van der Waals surface area contributed by atoms with Crippen molar-refractivity contribution >= 4 is 6.41 Å². The van der Waals surface area contributed by atoms with Crippen LogP contribution in [0, 0.1) is 0 Å². The first-order valence-corrected chi connectivity index (χ1v) is 2.78. The lowest BCUT2D eigenvalue weighted by Gasteiger charge is -1.94. The van der Waals surface area contributed by atoms with Gasteiger partial charge in [-0.1, -0.05) is 18.7 Å². The molecule has 0 heterocycles. The molecule has 0 aliphatic rings. The number of carbonyl (C=O) groups excluding carboxylic acids is 1. The standard InChI is InChI=1S/C7H11NO/c1-3-4-7(2)5-8-6-9/h3-4,6H,2,5H2,1H3,(H,8,9)/b4-3-. The smallest absolute Gasteiger partial charge is 0.207 e.